The van der Waals surface area contributed by atoms with Gasteiger partial charge in [-0.05, 0) is 36.4 Å². The molecule has 0 N–H and O–H groups in total. The summed E-state index contributed by atoms with van der Waals surface area (Å²) < 4.78 is 0. The number of hydrogen-bond donors (Lipinski definition) is 0. The Labute approximate surface area is 125 Å². The quantitative estimate of drug-likeness (QED) is 0.475. The molecule has 0 heterocycles. The topological polar surface area (TPSA) is 0 Å². The molecule has 0 radical (unpaired) electrons. The Morgan fingerprint density at radius 1 is 0.529 bits per heavy atom. The van der Waals surface area contributed by atoms with Crippen molar-refractivity contribution in [1.29, 1.82) is 0 Å². The van der Waals surface area contributed by atoms with E-state index < -0.39 is 0 Å². The molecule has 2 aromatic carbocycles. The maximum absolute atomic E-state index is 5.60. The lowest BCUT2D eigenvalue weighted by Crippen LogP contribution is -1.66. The van der Waals surface area contributed by atoms with Crippen LogP contribution in [0, 0.1) is 0 Å². The number of rotatable bonds is 0. The van der Waals surface area contributed by atoms with Gasteiger partial charge >= 0.3 is 0 Å². The molecule has 0 unspecified atom stereocenters. The summed E-state index contributed by atoms with van der Waals surface area (Å²) in [7, 11) is 0. The molecule has 2 rings (SSSR count). The first-order valence-corrected chi connectivity index (χ1v) is 6.39. The van der Waals surface area contributed by atoms with Gasteiger partial charge in [0.2, 0.25) is 0 Å². The van der Waals surface area contributed by atoms with E-state index >= 15 is 0 Å². The molecule has 0 atom stereocenters. The molecule has 0 bridgehead atoms. The van der Waals surface area contributed by atoms with Crippen LogP contribution in [0.2, 0.25) is 25.1 Å². The largest absolute Gasteiger partial charge is 0.0843 e. The summed E-state index contributed by atoms with van der Waals surface area (Å²) in [4.78, 5) is 0. The second-order valence-electron chi connectivity index (χ2n) is 3.00. The van der Waals surface area contributed by atoms with Gasteiger partial charge < -0.3 is 0 Å². The van der Waals surface area contributed by atoms with E-state index in [1.165, 1.54) is 0 Å². The predicted octanol–water partition coefficient (Wildman–Crippen LogP) is 6.64. The van der Waals surface area contributed by atoms with Crippen LogP contribution in [-0.4, -0.2) is 0 Å². The summed E-state index contributed by atoms with van der Waals surface area (Å²) in [5, 5.41) is 2.98. The molecule has 5 heteroatoms. The molecule has 0 amide bonds. The molecule has 0 saturated carbocycles. The van der Waals surface area contributed by atoms with Gasteiger partial charge in [0, 0.05) is 15.1 Å². The number of hydrogen-bond acceptors (Lipinski definition) is 0. The minimum atomic E-state index is 0.490. The summed E-state index contributed by atoms with van der Waals surface area (Å²) in [5.74, 6) is 0. The lowest BCUT2D eigenvalue weighted by Gasteiger charge is -1.92. The van der Waals surface area contributed by atoms with Crippen molar-refractivity contribution in [3.8, 4) is 0 Å². The van der Waals surface area contributed by atoms with E-state index in [2.05, 4.69) is 0 Å². The molecule has 0 aliphatic rings. The first kappa shape index (κ1) is 14.9. The number of halogens is 5. The van der Waals surface area contributed by atoms with Gasteiger partial charge in [0.1, 0.15) is 0 Å². The van der Waals surface area contributed by atoms with Crippen LogP contribution in [0.25, 0.3) is 0 Å². The van der Waals surface area contributed by atoms with Crippen molar-refractivity contribution in [1.82, 2.24) is 0 Å². The first-order chi connectivity index (χ1) is 7.99. The van der Waals surface area contributed by atoms with Crippen LogP contribution >= 0.6 is 58.0 Å². The van der Waals surface area contributed by atoms with Gasteiger partial charge in [0.25, 0.3) is 0 Å². The third kappa shape index (κ3) is 5.85. The van der Waals surface area contributed by atoms with Crippen LogP contribution in [0.4, 0.5) is 0 Å². The van der Waals surface area contributed by atoms with Gasteiger partial charge in [-0.3, -0.25) is 0 Å². The Balaban J connectivity index is 0.000000171. The van der Waals surface area contributed by atoms with Gasteiger partial charge in [-0.1, -0.05) is 64.1 Å². The Hall–Kier alpha value is -0.110. The van der Waals surface area contributed by atoms with Crippen LogP contribution in [-0.2, 0) is 0 Å². The maximum Gasteiger partial charge on any atom is 0.0607 e. The van der Waals surface area contributed by atoms with E-state index in [1.54, 1.807) is 36.4 Å². The fourth-order valence-electron chi connectivity index (χ4n) is 0.930. The summed E-state index contributed by atoms with van der Waals surface area (Å²) in [6.07, 6.45) is 0. The first-order valence-electron chi connectivity index (χ1n) is 4.50. The lowest BCUT2D eigenvalue weighted by molar-refractivity contribution is 1.70. The van der Waals surface area contributed by atoms with Crippen molar-refractivity contribution >= 4 is 58.0 Å². The number of benzene rings is 2. The highest BCUT2D eigenvalue weighted by molar-refractivity contribution is 6.43. The molecule has 17 heavy (non-hydrogen) atoms. The summed E-state index contributed by atoms with van der Waals surface area (Å²) >= 11 is 27.9. The predicted molar refractivity (Wildman–Crippen MR) is 77.9 cm³/mol. The van der Waals surface area contributed by atoms with Crippen molar-refractivity contribution < 1.29 is 0 Å². The van der Waals surface area contributed by atoms with Crippen LogP contribution in [0.1, 0.15) is 0 Å². The minimum absolute atomic E-state index is 0.490. The van der Waals surface area contributed by atoms with Crippen LogP contribution in [0.3, 0.4) is 0 Å². The van der Waals surface area contributed by atoms with Crippen molar-refractivity contribution in [3.63, 3.8) is 0 Å². The highest BCUT2D eigenvalue weighted by atomic mass is 35.5. The smallest absolute Gasteiger partial charge is 0.0607 e. The molecule has 0 saturated heterocycles. The van der Waals surface area contributed by atoms with E-state index in [4.69, 9.17) is 58.0 Å². The van der Waals surface area contributed by atoms with E-state index in [-0.39, 0.29) is 0 Å². The molecule has 0 aromatic heterocycles. The zero-order valence-corrected chi connectivity index (χ0v) is 12.2. The third-order valence-corrected chi connectivity index (χ3v) is 3.11. The second-order valence-corrected chi connectivity index (χ2v) is 5.12. The molecule has 0 aliphatic heterocycles. The Bertz CT molecular complexity index is 479. The van der Waals surface area contributed by atoms with Crippen molar-refractivity contribution in [2.24, 2.45) is 0 Å². The van der Waals surface area contributed by atoms with E-state index in [0.29, 0.717) is 25.1 Å². The normalized spacial score (nSPS) is 9.47. The Morgan fingerprint density at radius 3 is 1.41 bits per heavy atom. The average Bonchev–Trinajstić information content (AvgIpc) is 2.24. The van der Waals surface area contributed by atoms with Crippen molar-refractivity contribution in [3.05, 3.63) is 67.6 Å². The zero-order chi connectivity index (χ0) is 12.8. The molecule has 0 fully saturated rings. The highest BCUT2D eigenvalue weighted by Crippen LogP contribution is 2.24. The van der Waals surface area contributed by atoms with Crippen molar-refractivity contribution in [2.45, 2.75) is 0 Å². The average molecular weight is 328 g/mol. The molecule has 2 aromatic rings. The molecule has 0 spiro atoms. The van der Waals surface area contributed by atoms with Crippen molar-refractivity contribution in [2.75, 3.05) is 0 Å². The molecule has 0 aliphatic carbocycles. The summed E-state index contributed by atoms with van der Waals surface area (Å²) in [6.45, 7) is 0. The second kappa shape index (κ2) is 7.35. The fraction of sp³-hybridized carbons (Fsp3) is 0. The van der Waals surface area contributed by atoms with E-state index in [9.17, 15) is 0 Å². The van der Waals surface area contributed by atoms with Gasteiger partial charge in [-0.25, -0.2) is 0 Å². The monoisotopic (exact) mass is 326 g/mol. The van der Waals surface area contributed by atoms with E-state index in [1.807, 2.05) is 6.07 Å². The SMILES string of the molecule is Clc1ccc(Cl)c(Cl)c1.Clc1cccc(Cl)c1. The molecular formula is C12H7Cl5. The lowest BCUT2D eigenvalue weighted by atomic mass is 10.4. The summed E-state index contributed by atoms with van der Waals surface area (Å²) in [5.41, 5.74) is 0. The maximum atomic E-state index is 5.60. The molecule has 0 nitrogen and oxygen atoms in total. The van der Waals surface area contributed by atoms with Gasteiger partial charge in [0.15, 0.2) is 0 Å². The van der Waals surface area contributed by atoms with Gasteiger partial charge in [-0.2, -0.15) is 0 Å². The Morgan fingerprint density at radius 2 is 1.06 bits per heavy atom. The molecule has 90 valence electrons. The standard InChI is InChI=1S/C6H3Cl3.C6H4Cl2/c7-4-1-2-5(8)6(9)3-4;7-5-2-1-3-6(8)4-5/h1-3H;1-4H. The van der Waals surface area contributed by atoms with Crippen LogP contribution < -0.4 is 0 Å². The minimum Gasteiger partial charge on any atom is -0.0843 e. The summed E-state index contributed by atoms with van der Waals surface area (Å²) in [6, 6.07) is 12.0. The highest BCUT2D eigenvalue weighted by Gasteiger charge is 1.95. The van der Waals surface area contributed by atoms with Crippen LogP contribution in [0.15, 0.2) is 42.5 Å². The molecular weight excluding hydrogens is 321 g/mol. The van der Waals surface area contributed by atoms with Crippen LogP contribution in [0.5, 0.6) is 0 Å². The Kier molecular flexibility index (Phi) is 6.47. The third-order valence-electron chi connectivity index (χ3n) is 1.67. The van der Waals surface area contributed by atoms with Gasteiger partial charge in [-0.15, -0.1) is 0 Å². The van der Waals surface area contributed by atoms with Gasteiger partial charge in [0.05, 0.1) is 10.0 Å². The van der Waals surface area contributed by atoms with E-state index in [0.717, 1.165) is 0 Å². The zero-order valence-electron chi connectivity index (χ0n) is 8.43. The fourth-order valence-corrected chi connectivity index (χ4v) is 1.89.